The molecule has 0 heterocycles. The van der Waals surface area contributed by atoms with Crippen LogP contribution < -0.4 is 0 Å². The largest absolute Gasteiger partial charge is 0.520 e. The molecule has 0 fully saturated rings. The molecule has 0 aromatic heterocycles. The third kappa shape index (κ3) is 3.36. The van der Waals surface area contributed by atoms with Crippen LogP contribution in [0.15, 0.2) is 0 Å². The fourth-order valence-corrected chi connectivity index (χ4v) is 2.31. The van der Waals surface area contributed by atoms with Gasteiger partial charge in [-0.3, -0.25) is 0 Å². The number of hydrogen-bond acceptors (Lipinski definition) is 1. The Balaban J connectivity index is 6.54. The van der Waals surface area contributed by atoms with Gasteiger partial charge in [0.1, 0.15) is 0 Å². The molecule has 0 aromatic rings. The second-order valence-corrected chi connectivity index (χ2v) is 6.38. The summed E-state index contributed by atoms with van der Waals surface area (Å²) in [4.78, 5) is 0. The molecule has 0 spiro atoms. The van der Waals surface area contributed by atoms with Crippen molar-refractivity contribution in [1.82, 2.24) is 0 Å². The van der Waals surface area contributed by atoms with Gasteiger partial charge >= 0.3 is 55.2 Å². The molecule has 0 saturated carbocycles. The highest BCUT2D eigenvalue weighted by Crippen LogP contribution is 2.70. The molecule has 0 saturated heterocycles. The summed E-state index contributed by atoms with van der Waals surface area (Å²) in [5.74, 6) is -32.6. The van der Waals surface area contributed by atoms with Crippen molar-refractivity contribution in [2.75, 3.05) is 0 Å². The first-order valence-electron chi connectivity index (χ1n) is 5.53. The maximum Gasteiger partial charge on any atom is 0.520 e. The molecule has 0 rings (SSSR count). The highest BCUT2D eigenvalue weighted by atomic mass is 31.1. The highest BCUT2D eigenvalue weighted by molar-refractivity contribution is 7.47. The van der Waals surface area contributed by atoms with Crippen molar-refractivity contribution in [3.63, 3.8) is 0 Å². The maximum absolute atomic E-state index is 13.0. The average molecular weight is 485 g/mol. The van der Waals surface area contributed by atoms with Crippen LogP contribution in [0.2, 0.25) is 0 Å². The molecule has 168 valence electrons. The standard InChI is InChI=1S/C8F18OP/c9-1(10,5(17,18)19)3(13,14)7(23,24)28(27)8(25,26)4(15,16)2(11,12)6(20,21)22/q+1. The van der Waals surface area contributed by atoms with Gasteiger partial charge < -0.3 is 0 Å². The Bertz CT molecular complexity index is 558. The van der Waals surface area contributed by atoms with E-state index in [0.29, 0.717) is 0 Å². The lowest BCUT2D eigenvalue weighted by atomic mass is 10.1. The Kier molecular flexibility index (Phi) is 6.15. The van der Waals surface area contributed by atoms with E-state index in [0.717, 1.165) is 0 Å². The van der Waals surface area contributed by atoms with Crippen LogP contribution in [0.25, 0.3) is 0 Å². The molecular weight excluding hydrogens is 485 g/mol. The summed E-state index contributed by atoms with van der Waals surface area (Å²) in [6.07, 6.45) is -15.4. The average Bonchev–Trinajstić information content (AvgIpc) is 2.42. The van der Waals surface area contributed by atoms with E-state index in [4.69, 9.17) is 0 Å². The van der Waals surface area contributed by atoms with Crippen LogP contribution in [-0.4, -0.2) is 47.4 Å². The first-order chi connectivity index (χ1) is 11.7. The first-order valence-corrected chi connectivity index (χ1v) is 6.79. The Morgan fingerprint density at radius 1 is 0.357 bits per heavy atom. The molecule has 0 aromatic carbocycles. The topological polar surface area (TPSA) is 17.1 Å². The van der Waals surface area contributed by atoms with E-state index in [9.17, 15) is 83.6 Å². The van der Waals surface area contributed by atoms with Gasteiger partial charge in [-0.05, 0) is 0 Å². The van der Waals surface area contributed by atoms with Gasteiger partial charge in [0.2, 0.25) is 0 Å². The Morgan fingerprint density at radius 2 is 0.536 bits per heavy atom. The molecule has 0 aliphatic carbocycles. The highest BCUT2D eigenvalue weighted by Gasteiger charge is 2.97. The van der Waals surface area contributed by atoms with Crippen LogP contribution in [0.1, 0.15) is 0 Å². The molecule has 0 aliphatic rings. The number of halogens is 18. The molecule has 0 radical (unpaired) electrons. The van der Waals surface area contributed by atoms with Crippen molar-refractivity contribution in [3.05, 3.63) is 0 Å². The van der Waals surface area contributed by atoms with E-state index >= 15 is 0 Å². The van der Waals surface area contributed by atoms with Gasteiger partial charge in [-0.2, -0.15) is 79.0 Å². The van der Waals surface area contributed by atoms with Gasteiger partial charge in [0.05, 0.1) is 0 Å². The predicted octanol–water partition coefficient (Wildman–Crippen LogP) is 6.67. The minimum Gasteiger partial charge on any atom is -0.189 e. The number of hydrogen-bond donors (Lipinski definition) is 0. The third-order valence-corrected chi connectivity index (χ3v) is 4.35. The second-order valence-electron chi connectivity index (χ2n) is 4.67. The van der Waals surface area contributed by atoms with Crippen LogP contribution in [-0.2, 0) is 4.57 Å². The Morgan fingerprint density at radius 3 is 0.679 bits per heavy atom. The first kappa shape index (κ1) is 26.8. The van der Waals surface area contributed by atoms with E-state index in [1.807, 2.05) is 0 Å². The lowest BCUT2D eigenvalue weighted by Gasteiger charge is -2.32. The second kappa shape index (κ2) is 6.42. The molecule has 0 unspecified atom stereocenters. The molecule has 0 atom stereocenters. The molecule has 0 N–H and O–H groups in total. The third-order valence-electron chi connectivity index (χ3n) is 2.77. The zero-order valence-corrected chi connectivity index (χ0v) is 12.6. The summed E-state index contributed by atoms with van der Waals surface area (Å²) < 4.78 is 234. The normalized spacial score (nSPS) is 16.4. The summed E-state index contributed by atoms with van der Waals surface area (Å²) in [5.41, 5.74) is -16.1. The molecule has 1 nitrogen and oxygen atoms in total. The minimum atomic E-state index is -8.24. The smallest absolute Gasteiger partial charge is 0.189 e. The monoisotopic (exact) mass is 485 g/mol. The lowest BCUT2D eigenvalue weighted by Crippen LogP contribution is -2.63. The van der Waals surface area contributed by atoms with Crippen molar-refractivity contribution in [1.29, 1.82) is 0 Å². The Hall–Kier alpha value is -1.16. The Labute approximate surface area is 140 Å². The van der Waals surface area contributed by atoms with Crippen LogP contribution in [0.3, 0.4) is 0 Å². The van der Waals surface area contributed by atoms with Crippen molar-refractivity contribution >= 4 is 7.80 Å². The SMILES string of the molecule is O=[P+](C(F)(F)C(F)(F)C(F)(F)C(F)(F)F)C(F)(F)C(F)(F)C(F)(F)C(F)(F)F. The summed E-state index contributed by atoms with van der Waals surface area (Å²) in [7, 11) is -7.64. The summed E-state index contributed by atoms with van der Waals surface area (Å²) in [6.45, 7) is 0. The molecule has 0 amide bonds. The van der Waals surface area contributed by atoms with E-state index < -0.39 is 55.2 Å². The van der Waals surface area contributed by atoms with Crippen LogP contribution in [0.5, 0.6) is 0 Å². The molecule has 0 bridgehead atoms. The van der Waals surface area contributed by atoms with Crippen LogP contribution in [0.4, 0.5) is 79.0 Å². The number of rotatable bonds is 6. The van der Waals surface area contributed by atoms with Crippen molar-refractivity contribution in [2.45, 2.75) is 47.4 Å². The molecular formula is C8F18OP+. The van der Waals surface area contributed by atoms with Crippen molar-refractivity contribution in [3.8, 4) is 0 Å². The van der Waals surface area contributed by atoms with E-state index in [2.05, 4.69) is 0 Å². The van der Waals surface area contributed by atoms with Crippen molar-refractivity contribution < 1.29 is 83.6 Å². The molecule has 20 heteroatoms. The van der Waals surface area contributed by atoms with E-state index in [1.165, 1.54) is 0 Å². The van der Waals surface area contributed by atoms with Gasteiger partial charge in [-0.1, -0.05) is 4.57 Å². The maximum atomic E-state index is 13.0. The summed E-state index contributed by atoms with van der Waals surface area (Å²) in [5, 5.41) is 0. The van der Waals surface area contributed by atoms with Gasteiger partial charge in [0, 0.05) is 0 Å². The summed E-state index contributed by atoms with van der Waals surface area (Å²) in [6, 6.07) is 0. The zero-order valence-electron chi connectivity index (χ0n) is 11.7. The van der Waals surface area contributed by atoms with Gasteiger partial charge in [0.25, 0.3) is 0 Å². The minimum absolute atomic E-state index is 7.64. The molecule has 0 aliphatic heterocycles. The van der Waals surface area contributed by atoms with Gasteiger partial charge in [0.15, 0.2) is 0 Å². The fraction of sp³-hybridized carbons (Fsp3) is 1.00. The van der Waals surface area contributed by atoms with Crippen LogP contribution in [0, 0.1) is 0 Å². The number of alkyl halides is 18. The molecule has 28 heavy (non-hydrogen) atoms. The summed E-state index contributed by atoms with van der Waals surface area (Å²) >= 11 is 0. The lowest BCUT2D eigenvalue weighted by molar-refractivity contribution is -0.389. The van der Waals surface area contributed by atoms with Crippen LogP contribution >= 0.6 is 7.80 Å². The fourth-order valence-electron chi connectivity index (χ4n) is 1.17. The predicted molar refractivity (Wildman–Crippen MR) is 49.4 cm³/mol. The zero-order chi connectivity index (χ0) is 23.6. The van der Waals surface area contributed by atoms with Crippen molar-refractivity contribution in [2.24, 2.45) is 0 Å². The quantitative estimate of drug-likeness (QED) is 0.304. The van der Waals surface area contributed by atoms with Gasteiger partial charge in [-0.25, -0.2) is 0 Å². The van der Waals surface area contributed by atoms with E-state index in [1.54, 1.807) is 0 Å². The van der Waals surface area contributed by atoms with E-state index in [-0.39, 0.29) is 0 Å². The van der Waals surface area contributed by atoms with Gasteiger partial charge in [-0.15, -0.1) is 0 Å².